The van der Waals surface area contributed by atoms with E-state index in [4.69, 9.17) is 9.47 Å². The lowest BCUT2D eigenvalue weighted by Crippen LogP contribution is -2.46. The van der Waals surface area contributed by atoms with Gasteiger partial charge in [-0.25, -0.2) is 0 Å². The molecule has 2 unspecified atom stereocenters. The molecule has 2 aliphatic heterocycles. The molecule has 2 aliphatic rings. The molecule has 0 aliphatic carbocycles. The minimum Gasteiger partial charge on any atom is -0.373 e. The van der Waals surface area contributed by atoms with Crippen LogP contribution in [0.4, 0.5) is 0 Å². The zero-order valence-corrected chi connectivity index (χ0v) is 11.1. The third-order valence-corrected chi connectivity index (χ3v) is 4.04. The van der Waals surface area contributed by atoms with Gasteiger partial charge in [0.15, 0.2) is 0 Å². The maximum Gasteiger partial charge on any atom is 0.223 e. The van der Waals surface area contributed by atoms with Gasteiger partial charge in [-0.15, -0.1) is 0 Å². The monoisotopic (exact) mass is 241 g/mol. The molecule has 4 heteroatoms. The summed E-state index contributed by atoms with van der Waals surface area (Å²) < 4.78 is 11.4. The summed E-state index contributed by atoms with van der Waals surface area (Å²) in [5.74, 6) is 0.936. The van der Waals surface area contributed by atoms with Crippen LogP contribution in [0.3, 0.4) is 0 Å². The largest absolute Gasteiger partial charge is 0.373 e. The number of fused-ring (bicyclic) bond motifs is 1. The van der Waals surface area contributed by atoms with E-state index in [2.05, 4.69) is 26.1 Å². The van der Waals surface area contributed by atoms with Crippen LogP contribution < -0.4 is 5.32 Å². The summed E-state index contributed by atoms with van der Waals surface area (Å²) in [5, 5.41) is 3.06. The van der Waals surface area contributed by atoms with Crippen molar-refractivity contribution in [2.45, 2.75) is 45.9 Å². The second-order valence-corrected chi connectivity index (χ2v) is 5.72. The highest BCUT2D eigenvalue weighted by molar-refractivity contribution is 5.78. The SMILES string of the molecule is CC(C)[C@H](C)C(=O)NC1CO[C@@H]2C(C)CO[C@H]12. The van der Waals surface area contributed by atoms with E-state index in [0.29, 0.717) is 18.4 Å². The maximum atomic E-state index is 12.0. The Hall–Kier alpha value is -0.610. The molecular formula is C13H23NO3. The van der Waals surface area contributed by atoms with Crippen molar-refractivity contribution in [1.82, 2.24) is 5.32 Å². The molecule has 0 saturated carbocycles. The minimum atomic E-state index is 0.0265. The van der Waals surface area contributed by atoms with Crippen molar-refractivity contribution in [1.29, 1.82) is 0 Å². The first kappa shape index (κ1) is 12.8. The van der Waals surface area contributed by atoms with E-state index in [9.17, 15) is 4.79 Å². The molecule has 98 valence electrons. The highest BCUT2D eigenvalue weighted by Gasteiger charge is 2.46. The van der Waals surface area contributed by atoms with Gasteiger partial charge in [0, 0.05) is 11.8 Å². The van der Waals surface area contributed by atoms with E-state index >= 15 is 0 Å². The number of rotatable bonds is 3. The lowest BCUT2D eigenvalue weighted by atomic mass is 9.96. The van der Waals surface area contributed by atoms with Crippen LogP contribution in [-0.4, -0.2) is 37.4 Å². The third kappa shape index (κ3) is 2.47. The van der Waals surface area contributed by atoms with Gasteiger partial charge < -0.3 is 14.8 Å². The van der Waals surface area contributed by atoms with Crippen LogP contribution in [0.2, 0.25) is 0 Å². The van der Waals surface area contributed by atoms with E-state index in [1.54, 1.807) is 0 Å². The van der Waals surface area contributed by atoms with Gasteiger partial charge in [0.2, 0.25) is 5.91 Å². The van der Waals surface area contributed by atoms with Crippen molar-refractivity contribution < 1.29 is 14.3 Å². The number of hydrogen-bond acceptors (Lipinski definition) is 3. The van der Waals surface area contributed by atoms with E-state index in [-0.39, 0.29) is 30.1 Å². The quantitative estimate of drug-likeness (QED) is 0.807. The van der Waals surface area contributed by atoms with Gasteiger partial charge in [0.25, 0.3) is 0 Å². The van der Waals surface area contributed by atoms with Crippen molar-refractivity contribution >= 4 is 5.91 Å². The molecule has 17 heavy (non-hydrogen) atoms. The van der Waals surface area contributed by atoms with Crippen LogP contribution in [0.1, 0.15) is 27.7 Å². The molecule has 0 bridgehead atoms. The molecule has 2 saturated heterocycles. The molecule has 0 aromatic rings. The fraction of sp³-hybridized carbons (Fsp3) is 0.923. The van der Waals surface area contributed by atoms with E-state index in [0.717, 1.165) is 6.61 Å². The van der Waals surface area contributed by atoms with E-state index < -0.39 is 0 Å². The summed E-state index contributed by atoms with van der Waals surface area (Å²) in [6, 6.07) is 0.0265. The van der Waals surface area contributed by atoms with Gasteiger partial charge in [-0.05, 0) is 5.92 Å². The highest BCUT2D eigenvalue weighted by atomic mass is 16.6. The average Bonchev–Trinajstić information content (AvgIpc) is 2.82. The molecule has 1 N–H and O–H groups in total. The molecule has 0 aromatic carbocycles. The molecule has 0 aromatic heterocycles. The highest BCUT2D eigenvalue weighted by Crippen LogP contribution is 2.30. The summed E-state index contributed by atoms with van der Waals surface area (Å²) in [6.07, 6.45) is 0.211. The van der Waals surface area contributed by atoms with Gasteiger partial charge in [0.1, 0.15) is 6.10 Å². The van der Waals surface area contributed by atoms with Crippen molar-refractivity contribution in [3.8, 4) is 0 Å². The topological polar surface area (TPSA) is 47.6 Å². The Morgan fingerprint density at radius 3 is 2.47 bits per heavy atom. The number of ether oxygens (including phenoxy) is 2. The van der Waals surface area contributed by atoms with E-state index in [1.807, 2.05) is 6.92 Å². The molecule has 4 nitrogen and oxygen atoms in total. The maximum absolute atomic E-state index is 12.0. The number of nitrogens with one attached hydrogen (secondary N) is 1. The van der Waals surface area contributed by atoms with E-state index in [1.165, 1.54) is 0 Å². The summed E-state index contributed by atoms with van der Waals surface area (Å²) >= 11 is 0. The normalized spacial score (nSPS) is 38.2. The van der Waals surface area contributed by atoms with Gasteiger partial charge in [-0.2, -0.15) is 0 Å². The Morgan fingerprint density at radius 1 is 1.18 bits per heavy atom. The Labute approximate surface area is 103 Å². The molecular weight excluding hydrogens is 218 g/mol. The molecule has 0 spiro atoms. The second-order valence-electron chi connectivity index (χ2n) is 5.72. The van der Waals surface area contributed by atoms with Crippen LogP contribution in [0.15, 0.2) is 0 Å². The third-order valence-electron chi connectivity index (χ3n) is 4.04. The van der Waals surface area contributed by atoms with Crippen LogP contribution >= 0.6 is 0 Å². The summed E-state index contributed by atoms with van der Waals surface area (Å²) in [7, 11) is 0. The fourth-order valence-electron chi connectivity index (χ4n) is 2.43. The lowest BCUT2D eigenvalue weighted by Gasteiger charge is -2.21. The standard InChI is InChI=1S/C13H23NO3/c1-7(2)9(4)13(15)14-10-6-17-11-8(3)5-16-12(10)11/h7-12H,5-6H2,1-4H3,(H,14,15)/t8?,9-,10?,11+,12+/m0/s1. The Balaban J connectivity index is 1.90. The zero-order valence-electron chi connectivity index (χ0n) is 11.1. The smallest absolute Gasteiger partial charge is 0.223 e. The number of amides is 1. The number of carbonyl (C=O) groups excluding carboxylic acids is 1. The van der Waals surface area contributed by atoms with Crippen molar-refractivity contribution in [3.05, 3.63) is 0 Å². The van der Waals surface area contributed by atoms with Crippen molar-refractivity contribution in [2.75, 3.05) is 13.2 Å². The van der Waals surface area contributed by atoms with Crippen LogP contribution in [0.5, 0.6) is 0 Å². The molecule has 5 atom stereocenters. The first-order valence-electron chi connectivity index (χ1n) is 6.54. The summed E-state index contributed by atoms with van der Waals surface area (Å²) in [4.78, 5) is 12.0. The van der Waals surface area contributed by atoms with Gasteiger partial charge >= 0.3 is 0 Å². The lowest BCUT2D eigenvalue weighted by molar-refractivity contribution is -0.127. The Bertz CT molecular complexity index is 292. The molecule has 2 heterocycles. The Kier molecular flexibility index (Phi) is 3.73. The molecule has 1 amide bonds. The van der Waals surface area contributed by atoms with Crippen molar-refractivity contribution in [2.24, 2.45) is 17.8 Å². The number of hydrogen-bond donors (Lipinski definition) is 1. The predicted octanol–water partition coefficient (Wildman–Crippen LogP) is 1.20. The predicted molar refractivity (Wildman–Crippen MR) is 64.6 cm³/mol. The average molecular weight is 241 g/mol. The Morgan fingerprint density at radius 2 is 1.82 bits per heavy atom. The van der Waals surface area contributed by atoms with Crippen LogP contribution in [0, 0.1) is 17.8 Å². The number of carbonyl (C=O) groups is 1. The minimum absolute atomic E-state index is 0.0265. The first-order chi connectivity index (χ1) is 8.00. The molecule has 2 rings (SSSR count). The molecule has 2 fully saturated rings. The van der Waals surface area contributed by atoms with Crippen molar-refractivity contribution in [3.63, 3.8) is 0 Å². The van der Waals surface area contributed by atoms with Gasteiger partial charge in [0.05, 0.1) is 25.4 Å². The first-order valence-corrected chi connectivity index (χ1v) is 6.54. The van der Waals surface area contributed by atoms with Crippen LogP contribution in [0.25, 0.3) is 0 Å². The zero-order chi connectivity index (χ0) is 12.6. The van der Waals surface area contributed by atoms with Gasteiger partial charge in [-0.3, -0.25) is 4.79 Å². The van der Waals surface area contributed by atoms with Crippen LogP contribution in [-0.2, 0) is 14.3 Å². The molecule has 0 radical (unpaired) electrons. The second kappa shape index (κ2) is 4.94. The van der Waals surface area contributed by atoms with Gasteiger partial charge in [-0.1, -0.05) is 27.7 Å². The fourth-order valence-corrected chi connectivity index (χ4v) is 2.43. The summed E-state index contributed by atoms with van der Waals surface area (Å²) in [5.41, 5.74) is 0. The summed E-state index contributed by atoms with van der Waals surface area (Å²) in [6.45, 7) is 9.54.